The SMILES string of the molecule is N#CC1CN(S(=O)(=O)N2CCC[C@H](C(=O)N3CCC[C@@H]3C(=O)NCc3ccc(C(F)(F)F)cc3F)C2)C1. The molecular weight excluding hydrogens is 518 g/mol. The number of hydrogen-bond donors (Lipinski definition) is 1. The lowest BCUT2D eigenvalue weighted by molar-refractivity contribution is -0.142. The summed E-state index contributed by atoms with van der Waals surface area (Å²) < 4.78 is 80.6. The molecule has 9 nitrogen and oxygen atoms in total. The van der Waals surface area contributed by atoms with E-state index in [2.05, 4.69) is 5.32 Å². The number of nitrogens with zero attached hydrogens (tertiary/aromatic N) is 4. The predicted octanol–water partition coefficient (Wildman–Crippen LogP) is 1.86. The Bertz CT molecular complexity index is 1200. The van der Waals surface area contributed by atoms with Crippen LogP contribution >= 0.6 is 0 Å². The van der Waals surface area contributed by atoms with Gasteiger partial charge in [0.1, 0.15) is 11.9 Å². The lowest BCUT2D eigenvalue weighted by Crippen LogP contribution is -2.57. The standard InChI is InChI=1S/C23H27F4N5O4S/c24-19-9-18(23(25,26)27)6-5-16(19)11-29-21(33)20-4-2-8-32(20)22(34)17-3-1-7-30(14-17)37(35,36)31-12-15(10-28)13-31/h5-6,9,15,17,20H,1-4,7-8,11-14H2,(H,29,33)/t17-,20+/m0/s1. The second-order valence-electron chi connectivity index (χ2n) is 9.56. The Morgan fingerprint density at radius 1 is 1.08 bits per heavy atom. The maximum absolute atomic E-state index is 14.1. The third-order valence-electron chi connectivity index (χ3n) is 7.09. The molecule has 4 rings (SSSR count). The maximum Gasteiger partial charge on any atom is 0.416 e. The van der Waals surface area contributed by atoms with Crippen molar-refractivity contribution >= 4 is 22.0 Å². The van der Waals surface area contributed by atoms with Gasteiger partial charge >= 0.3 is 6.18 Å². The normalized spacial score (nSPS) is 23.9. The number of hydrogen-bond acceptors (Lipinski definition) is 5. The Kier molecular flexibility index (Phi) is 7.77. The van der Waals surface area contributed by atoms with Crippen LogP contribution in [-0.4, -0.2) is 72.5 Å². The van der Waals surface area contributed by atoms with Crippen LogP contribution in [0.15, 0.2) is 18.2 Å². The van der Waals surface area contributed by atoms with Crippen LogP contribution in [0.2, 0.25) is 0 Å². The highest BCUT2D eigenvalue weighted by Crippen LogP contribution is 2.31. The topological polar surface area (TPSA) is 114 Å². The number of nitriles is 1. The van der Waals surface area contributed by atoms with Gasteiger partial charge in [-0.2, -0.15) is 35.5 Å². The van der Waals surface area contributed by atoms with Gasteiger partial charge in [0.05, 0.1) is 23.5 Å². The van der Waals surface area contributed by atoms with E-state index >= 15 is 0 Å². The first kappa shape index (κ1) is 27.3. The molecule has 0 saturated carbocycles. The molecule has 2 atom stereocenters. The number of carbonyl (C=O) groups excluding carboxylic acids is 2. The van der Waals surface area contributed by atoms with Crippen molar-refractivity contribution < 1.29 is 35.6 Å². The molecule has 14 heteroatoms. The van der Waals surface area contributed by atoms with E-state index in [4.69, 9.17) is 5.26 Å². The maximum atomic E-state index is 14.1. The van der Waals surface area contributed by atoms with Crippen LogP contribution < -0.4 is 5.32 Å². The molecule has 0 unspecified atom stereocenters. The zero-order valence-corrected chi connectivity index (χ0v) is 20.7. The van der Waals surface area contributed by atoms with Crippen molar-refractivity contribution in [1.29, 1.82) is 5.26 Å². The number of piperidine rings is 1. The van der Waals surface area contributed by atoms with Gasteiger partial charge < -0.3 is 10.2 Å². The molecule has 202 valence electrons. The molecule has 3 aliphatic rings. The summed E-state index contributed by atoms with van der Waals surface area (Å²) in [6, 6.07) is 3.27. The number of likely N-dealkylation sites (tertiary alicyclic amines) is 1. The molecule has 0 radical (unpaired) electrons. The van der Waals surface area contributed by atoms with Gasteiger partial charge in [-0.3, -0.25) is 9.59 Å². The molecule has 0 aliphatic carbocycles. The summed E-state index contributed by atoms with van der Waals surface area (Å²) in [4.78, 5) is 27.5. The van der Waals surface area contributed by atoms with E-state index in [0.717, 1.165) is 12.1 Å². The van der Waals surface area contributed by atoms with E-state index in [-0.39, 0.29) is 50.1 Å². The summed E-state index contributed by atoms with van der Waals surface area (Å²) in [5, 5.41) is 11.4. The number of rotatable bonds is 6. The third-order valence-corrected chi connectivity index (χ3v) is 9.02. The molecule has 3 aliphatic heterocycles. The molecule has 0 spiro atoms. The van der Waals surface area contributed by atoms with Gasteiger partial charge in [0, 0.05) is 44.8 Å². The average Bonchev–Trinajstić information content (AvgIpc) is 3.31. The Morgan fingerprint density at radius 2 is 1.78 bits per heavy atom. The zero-order valence-electron chi connectivity index (χ0n) is 19.9. The number of benzene rings is 1. The van der Waals surface area contributed by atoms with Gasteiger partial charge in [-0.1, -0.05) is 6.07 Å². The van der Waals surface area contributed by atoms with Crippen LogP contribution in [0, 0.1) is 29.0 Å². The Labute approximate surface area is 212 Å². The summed E-state index contributed by atoms with van der Waals surface area (Å²) in [5.41, 5.74) is -1.25. The minimum Gasteiger partial charge on any atom is -0.350 e. The highest BCUT2D eigenvalue weighted by molar-refractivity contribution is 7.86. The van der Waals surface area contributed by atoms with E-state index in [1.54, 1.807) is 0 Å². The van der Waals surface area contributed by atoms with Gasteiger partial charge in [0.2, 0.25) is 11.8 Å². The van der Waals surface area contributed by atoms with Crippen molar-refractivity contribution in [3.8, 4) is 6.07 Å². The molecular formula is C23H27F4N5O4S. The Hall–Kier alpha value is -2.76. The van der Waals surface area contributed by atoms with Crippen molar-refractivity contribution in [3.05, 3.63) is 35.1 Å². The quantitative estimate of drug-likeness (QED) is 0.549. The molecule has 1 aromatic rings. The number of carbonyl (C=O) groups is 2. The van der Waals surface area contributed by atoms with Crippen LogP contribution in [0.1, 0.15) is 36.8 Å². The van der Waals surface area contributed by atoms with Gasteiger partial charge in [-0.05, 0) is 37.8 Å². The lowest BCUT2D eigenvalue weighted by atomic mass is 9.97. The van der Waals surface area contributed by atoms with E-state index in [0.29, 0.717) is 38.3 Å². The third kappa shape index (κ3) is 5.73. The summed E-state index contributed by atoms with van der Waals surface area (Å²) in [5.74, 6) is -2.94. The molecule has 1 aromatic carbocycles. The predicted molar refractivity (Wildman–Crippen MR) is 122 cm³/mol. The monoisotopic (exact) mass is 545 g/mol. The highest BCUT2D eigenvalue weighted by atomic mass is 32.2. The fraction of sp³-hybridized carbons (Fsp3) is 0.609. The largest absolute Gasteiger partial charge is 0.416 e. The molecule has 0 bridgehead atoms. The van der Waals surface area contributed by atoms with E-state index in [9.17, 15) is 35.6 Å². The molecule has 3 fully saturated rings. The first-order valence-electron chi connectivity index (χ1n) is 12.0. The first-order valence-corrected chi connectivity index (χ1v) is 13.4. The van der Waals surface area contributed by atoms with Crippen molar-refractivity contribution in [2.75, 3.05) is 32.7 Å². The first-order chi connectivity index (χ1) is 17.4. The molecule has 3 saturated heterocycles. The van der Waals surface area contributed by atoms with Gasteiger partial charge in [-0.15, -0.1) is 0 Å². The van der Waals surface area contributed by atoms with Crippen LogP contribution in [-0.2, 0) is 32.5 Å². The van der Waals surface area contributed by atoms with E-state index < -0.39 is 45.6 Å². The van der Waals surface area contributed by atoms with Crippen molar-refractivity contribution in [2.45, 2.75) is 44.4 Å². The molecule has 0 aromatic heterocycles. The fourth-order valence-electron chi connectivity index (χ4n) is 4.93. The van der Waals surface area contributed by atoms with Crippen LogP contribution in [0.3, 0.4) is 0 Å². The summed E-state index contributed by atoms with van der Waals surface area (Å²) in [6.07, 6.45) is -2.83. The second-order valence-corrected chi connectivity index (χ2v) is 11.5. The minimum absolute atomic E-state index is 0.0174. The molecule has 3 heterocycles. The van der Waals surface area contributed by atoms with Crippen molar-refractivity contribution in [2.24, 2.45) is 11.8 Å². The zero-order chi connectivity index (χ0) is 27.0. The number of amides is 2. The van der Waals surface area contributed by atoms with Crippen molar-refractivity contribution in [1.82, 2.24) is 18.8 Å². The van der Waals surface area contributed by atoms with Crippen molar-refractivity contribution in [3.63, 3.8) is 0 Å². The smallest absolute Gasteiger partial charge is 0.350 e. The van der Waals surface area contributed by atoms with Crippen LogP contribution in [0.25, 0.3) is 0 Å². The van der Waals surface area contributed by atoms with Gasteiger partial charge in [0.15, 0.2) is 0 Å². The number of nitrogens with one attached hydrogen (secondary N) is 1. The van der Waals surface area contributed by atoms with Gasteiger partial charge in [-0.25, -0.2) is 4.39 Å². The second kappa shape index (κ2) is 10.5. The fourth-order valence-corrected chi connectivity index (χ4v) is 6.72. The van der Waals surface area contributed by atoms with E-state index in [1.807, 2.05) is 6.07 Å². The summed E-state index contributed by atoms with van der Waals surface area (Å²) >= 11 is 0. The average molecular weight is 546 g/mol. The molecule has 37 heavy (non-hydrogen) atoms. The minimum atomic E-state index is -4.68. The lowest BCUT2D eigenvalue weighted by Gasteiger charge is -2.41. The number of halogens is 4. The Morgan fingerprint density at radius 3 is 2.43 bits per heavy atom. The molecule has 2 amide bonds. The van der Waals surface area contributed by atoms with Crippen LogP contribution in [0.4, 0.5) is 17.6 Å². The summed E-state index contributed by atoms with van der Waals surface area (Å²) in [7, 11) is -3.78. The number of alkyl halides is 3. The van der Waals surface area contributed by atoms with Crippen LogP contribution in [0.5, 0.6) is 0 Å². The molecule has 1 N–H and O–H groups in total. The van der Waals surface area contributed by atoms with E-state index in [1.165, 1.54) is 13.5 Å². The summed E-state index contributed by atoms with van der Waals surface area (Å²) in [6.45, 7) is 0.476. The van der Waals surface area contributed by atoms with Gasteiger partial charge in [0.25, 0.3) is 10.2 Å². The highest BCUT2D eigenvalue weighted by Gasteiger charge is 2.44. The Balaban J connectivity index is 1.36.